The molecule has 2 rings (SSSR count). The van der Waals surface area contributed by atoms with E-state index in [-0.39, 0.29) is 0 Å². The minimum absolute atomic E-state index is 0.474. The molecule has 0 aliphatic rings. The molecule has 0 spiro atoms. The molecule has 0 aliphatic heterocycles. The summed E-state index contributed by atoms with van der Waals surface area (Å²) in [6.07, 6.45) is 1.76. The molecule has 0 atom stereocenters. The van der Waals surface area contributed by atoms with Crippen molar-refractivity contribution in [3.05, 3.63) is 50.0 Å². The predicted molar refractivity (Wildman–Crippen MR) is 85.8 cm³/mol. The number of alkyl halides is 1. The Balaban J connectivity index is 2.33. The van der Waals surface area contributed by atoms with Gasteiger partial charge in [-0.3, -0.25) is 0 Å². The Bertz CT molecular complexity index is 620. The lowest BCUT2D eigenvalue weighted by molar-refractivity contribution is 0.459. The molecule has 0 bridgehead atoms. The first kappa shape index (κ1) is 15.1. The van der Waals surface area contributed by atoms with E-state index in [0.717, 1.165) is 20.9 Å². The average molecular weight is 426 g/mol. The van der Waals surface area contributed by atoms with E-state index < -0.39 is 0 Å². The van der Waals surface area contributed by atoms with Crippen molar-refractivity contribution in [1.82, 2.24) is 4.98 Å². The first-order valence-electron chi connectivity index (χ1n) is 5.35. The molecule has 0 radical (unpaired) electrons. The fourth-order valence-corrected chi connectivity index (χ4v) is 2.62. The first-order valence-corrected chi connectivity index (χ1v) is 8.02. The zero-order valence-electron chi connectivity index (χ0n) is 9.88. The zero-order valence-corrected chi connectivity index (χ0v) is 14.6. The number of nitrogens with zero attached hydrogens (tertiary/aromatic N) is 1. The molecule has 2 aromatic rings. The molecule has 100 valence electrons. The van der Waals surface area contributed by atoms with Crippen LogP contribution in [0.4, 0.5) is 0 Å². The van der Waals surface area contributed by atoms with Gasteiger partial charge >= 0.3 is 0 Å². The van der Waals surface area contributed by atoms with Crippen LogP contribution in [0.25, 0.3) is 0 Å². The van der Waals surface area contributed by atoms with E-state index in [9.17, 15) is 0 Å². The number of benzene rings is 1. The Morgan fingerprint density at radius 3 is 2.58 bits per heavy atom. The highest BCUT2D eigenvalue weighted by molar-refractivity contribution is 9.10. The molecule has 2 nitrogen and oxygen atoms in total. The summed E-state index contributed by atoms with van der Waals surface area (Å²) < 4.78 is 6.44. The van der Waals surface area contributed by atoms with Gasteiger partial charge in [0.15, 0.2) is 0 Å². The van der Waals surface area contributed by atoms with Crippen molar-refractivity contribution in [2.24, 2.45) is 0 Å². The fraction of sp³-hybridized carbons (Fsp3) is 0.154. The number of aryl methyl sites for hydroxylation is 1. The molecule has 0 fully saturated rings. The Hall–Kier alpha value is -0.290. The molecule has 1 aromatic carbocycles. The molecule has 0 amide bonds. The van der Waals surface area contributed by atoms with E-state index in [1.54, 1.807) is 18.3 Å². The SMILES string of the molecule is Cc1cc(CBr)cnc1Oc1cc(Cl)c(Br)cc1Cl. The summed E-state index contributed by atoms with van der Waals surface area (Å²) in [5, 5.41) is 1.77. The topological polar surface area (TPSA) is 22.1 Å². The number of hydrogen-bond acceptors (Lipinski definition) is 2. The number of hydrogen-bond donors (Lipinski definition) is 0. The van der Waals surface area contributed by atoms with Crippen LogP contribution in [0.1, 0.15) is 11.1 Å². The third kappa shape index (κ3) is 3.63. The lowest BCUT2D eigenvalue weighted by Crippen LogP contribution is -1.94. The standard InChI is InChI=1S/C13H9Br2Cl2NO/c1-7-2-8(5-14)6-18-13(7)19-12-4-10(16)9(15)3-11(12)17/h2-4,6H,5H2,1H3. The van der Waals surface area contributed by atoms with Crippen LogP contribution in [0.15, 0.2) is 28.9 Å². The van der Waals surface area contributed by atoms with E-state index in [1.165, 1.54) is 0 Å². The minimum Gasteiger partial charge on any atom is -0.437 e. The molecule has 0 unspecified atom stereocenters. The van der Waals surface area contributed by atoms with Crippen LogP contribution in [-0.2, 0) is 5.33 Å². The summed E-state index contributed by atoms with van der Waals surface area (Å²) >= 11 is 18.8. The van der Waals surface area contributed by atoms with Gasteiger partial charge in [-0.05, 0) is 40.5 Å². The fourth-order valence-electron chi connectivity index (χ4n) is 1.49. The Labute approximate surface area is 138 Å². The highest BCUT2D eigenvalue weighted by Gasteiger charge is 2.10. The van der Waals surface area contributed by atoms with Gasteiger partial charge in [0.2, 0.25) is 5.88 Å². The molecule has 0 saturated carbocycles. The van der Waals surface area contributed by atoms with E-state index in [1.807, 2.05) is 13.0 Å². The molecular formula is C13H9Br2Cl2NO. The second kappa shape index (κ2) is 6.44. The molecule has 1 heterocycles. The van der Waals surface area contributed by atoms with Crippen LogP contribution in [0.3, 0.4) is 0 Å². The van der Waals surface area contributed by atoms with Gasteiger partial charge in [0.05, 0.1) is 10.0 Å². The monoisotopic (exact) mass is 423 g/mol. The van der Waals surface area contributed by atoms with Gasteiger partial charge in [-0.2, -0.15) is 0 Å². The minimum atomic E-state index is 0.474. The van der Waals surface area contributed by atoms with Crippen molar-refractivity contribution in [3.8, 4) is 11.6 Å². The maximum Gasteiger partial charge on any atom is 0.222 e. The quantitative estimate of drug-likeness (QED) is 0.435. The Morgan fingerprint density at radius 1 is 1.21 bits per heavy atom. The molecule has 6 heteroatoms. The van der Waals surface area contributed by atoms with E-state index in [2.05, 4.69) is 36.8 Å². The van der Waals surface area contributed by atoms with Crippen LogP contribution in [0.5, 0.6) is 11.6 Å². The van der Waals surface area contributed by atoms with Gasteiger partial charge < -0.3 is 4.74 Å². The second-order valence-electron chi connectivity index (χ2n) is 3.90. The van der Waals surface area contributed by atoms with Gasteiger partial charge in [-0.1, -0.05) is 39.1 Å². The zero-order chi connectivity index (χ0) is 14.0. The van der Waals surface area contributed by atoms with Crippen molar-refractivity contribution in [1.29, 1.82) is 0 Å². The summed E-state index contributed by atoms with van der Waals surface area (Å²) in [4.78, 5) is 4.27. The van der Waals surface area contributed by atoms with Crippen LogP contribution < -0.4 is 4.74 Å². The normalized spacial score (nSPS) is 10.6. The predicted octanol–water partition coefficient (Wildman–Crippen LogP) is 6.15. The lowest BCUT2D eigenvalue weighted by atomic mass is 10.2. The van der Waals surface area contributed by atoms with E-state index in [0.29, 0.717) is 21.7 Å². The Kier molecular flexibility index (Phi) is 5.12. The number of pyridine rings is 1. The highest BCUT2D eigenvalue weighted by atomic mass is 79.9. The van der Waals surface area contributed by atoms with Crippen molar-refractivity contribution < 1.29 is 4.74 Å². The highest BCUT2D eigenvalue weighted by Crippen LogP contribution is 2.36. The maximum absolute atomic E-state index is 6.11. The molecule has 1 aromatic heterocycles. The molecule has 0 aliphatic carbocycles. The van der Waals surface area contributed by atoms with Gasteiger partial charge in [-0.25, -0.2) is 4.98 Å². The van der Waals surface area contributed by atoms with Crippen molar-refractivity contribution >= 4 is 55.1 Å². The first-order chi connectivity index (χ1) is 9.01. The summed E-state index contributed by atoms with van der Waals surface area (Å²) in [5.41, 5.74) is 2.02. The number of halogens is 4. The summed E-state index contributed by atoms with van der Waals surface area (Å²) in [6, 6.07) is 5.36. The summed E-state index contributed by atoms with van der Waals surface area (Å²) in [5.74, 6) is 1.00. The second-order valence-corrected chi connectivity index (χ2v) is 6.13. The average Bonchev–Trinajstić information content (AvgIpc) is 2.38. The third-order valence-electron chi connectivity index (χ3n) is 2.42. The Morgan fingerprint density at radius 2 is 1.95 bits per heavy atom. The molecule has 0 saturated heterocycles. The third-order valence-corrected chi connectivity index (χ3v) is 4.56. The molecule has 0 N–H and O–H groups in total. The molecule has 19 heavy (non-hydrogen) atoms. The smallest absolute Gasteiger partial charge is 0.222 e. The summed E-state index contributed by atoms with van der Waals surface area (Å²) in [6.45, 7) is 1.93. The van der Waals surface area contributed by atoms with Crippen LogP contribution >= 0.6 is 55.1 Å². The van der Waals surface area contributed by atoms with Gasteiger partial charge in [0.1, 0.15) is 5.75 Å². The van der Waals surface area contributed by atoms with Crippen molar-refractivity contribution in [2.75, 3.05) is 0 Å². The van der Waals surface area contributed by atoms with Crippen LogP contribution in [0.2, 0.25) is 10.0 Å². The van der Waals surface area contributed by atoms with Gasteiger partial charge in [0.25, 0.3) is 0 Å². The molecular weight excluding hydrogens is 417 g/mol. The van der Waals surface area contributed by atoms with Gasteiger partial charge in [-0.15, -0.1) is 0 Å². The number of aromatic nitrogens is 1. The largest absolute Gasteiger partial charge is 0.437 e. The lowest BCUT2D eigenvalue weighted by Gasteiger charge is -2.10. The van der Waals surface area contributed by atoms with Crippen LogP contribution in [0, 0.1) is 6.92 Å². The van der Waals surface area contributed by atoms with Gasteiger partial charge in [0, 0.05) is 27.6 Å². The summed E-state index contributed by atoms with van der Waals surface area (Å²) in [7, 11) is 0. The maximum atomic E-state index is 6.11. The van der Waals surface area contributed by atoms with Crippen molar-refractivity contribution in [3.63, 3.8) is 0 Å². The number of ether oxygens (including phenoxy) is 1. The van der Waals surface area contributed by atoms with Crippen molar-refractivity contribution in [2.45, 2.75) is 12.3 Å². The van der Waals surface area contributed by atoms with E-state index >= 15 is 0 Å². The van der Waals surface area contributed by atoms with E-state index in [4.69, 9.17) is 27.9 Å². The van der Waals surface area contributed by atoms with Crippen LogP contribution in [-0.4, -0.2) is 4.98 Å². The number of rotatable bonds is 3.